The zero-order valence-electron chi connectivity index (χ0n) is 22.7. The maximum absolute atomic E-state index is 3.92. The smallest absolute Gasteiger partial charge is 0.0247 e. The van der Waals surface area contributed by atoms with Crippen LogP contribution in [0.2, 0.25) is 0 Å². The summed E-state index contributed by atoms with van der Waals surface area (Å²) in [5.74, 6) is 1.44. The summed E-state index contributed by atoms with van der Waals surface area (Å²) in [7, 11) is 0. The Morgan fingerprint density at radius 3 is 0.410 bits per heavy atom. The molecule has 0 aliphatic heterocycles. The van der Waals surface area contributed by atoms with Gasteiger partial charge in [0.05, 0.1) is 0 Å². The van der Waals surface area contributed by atoms with Gasteiger partial charge in [0.15, 0.2) is 0 Å². The van der Waals surface area contributed by atoms with Crippen LogP contribution >= 0.6 is 0 Å². The topological polar surface area (TPSA) is 38.7 Å². The predicted octanol–water partition coefficient (Wildman–Crippen LogP) is 0.211. The van der Waals surface area contributed by atoms with Gasteiger partial charge in [-0.3, -0.25) is 0 Å². The normalized spacial score (nSPS) is 1.90. The van der Waals surface area contributed by atoms with Crippen LogP contribution in [0, 0.1) is 20.2 Å². The van der Waals surface area contributed by atoms with Gasteiger partial charge in [0.25, 0.3) is 0 Å². The van der Waals surface area contributed by atoms with Crippen LogP contribution in [-0.4, -0.2) is 15.0 Å². The summed E-state index contributed by atoms with van der Waals surface area (Å²) < 4.78 is 0. The van der Waals surface area contributed by atoms with Crippen molar-refractivity contribution in [1.29, 1.82) is 0 Å². The van der Waals surface area contributed by atoms with E-state index >= 15 is 0 Å². The maximum Gasteiger partial charge on any atom is 0.0247 e. The van der Waals surface area contributed by atoms with Gasteiger partial charge in [0.2, 0.25) is 0 Å². The van der Waals surface area contributed by atoms with Gasteiger partial charge in [0, 0.05) is 1030 Å². The minimum Gasteiger partial charge on any atom is -0.353 e. The fraction of sp³-hybridized carbons (Fsp3) is 0.400. The molecule has 0 spiro atoms. The molecule has 0 bridgehead atoms. The van der Waals surface area contributed by atoms with E-state index in [2.05, 4.69) is 21.3 Å². The Bertz CT molecular complexity index is 196. The van der Waals surface area contributed by atoms with E-state index in [1.54, 1.807) is 0 Å². The molecule has 0 aromatic carbocycles. The van der Waals surface area contributed by atoms with E-state index in [4.69, 9.17) is 0 Å². The summed E-state index contributed by atoms with van der Waals surface area (Å²) >= 11 is 0. The van der Waals surface area contributed by atoms with Crippen LogP contribution < -0.4 is 0 Å². The van der Waals surface area contributed by atoms with E-state index in [9.17, 15) is 0 Å². The fourth-order valence-corrected chi connectivity index (χ4v) is 0.454. The van der Waals surface area contributed by atoms with E-state index in [-0.39, 0.29) is 1010 Å². The molecule has 39 heavy (non-hydrogen) atoms. The van der Waals surface area contributed by atoms with Crippen molar-refractivity contribution >= 4 is 0 Å². The van der Waals surface area contributed by atoms with E-state index in [1.165, 1.54) is 0 Å². The zero-order valence-corrected chi connectivity index (χ0v) is 111. The molecule has 135 valence electrons. The van der Waals surface area contributed by atoms with Crippen LogP contribution in [0.1, 0.15) is 11.6 Å². The summed E-state index contributed by atoms with van der Waals surface area (Å²) in [5.41, 5.74) is 0. The molecule has 1 aromatic rings. The summed E-state index contributed by atoms with van der Waals surface area (Å²) in [6, 6.07) is 0. The van der Waals surface area contributed by atoms with Gasteiger partial charge < -0.3 is 15.0 Å². The summed E-state index contributed by atoms with van der Waals surface area (Å²) in [4.78, 5) is 11.3. The summed E-state index contributed by atoms with van der Waals surface area (Å²) in [6.45, 7) is 3.62. The Morgan fingerprint density at radius 2 is 0.359 bits per heavy atom. The fourth-order valence-electron chi connectivity index (χ4n) is 0.454. The SMILES string of the molecule is Cc1n[c-]nc(C)n1.[Y].[Y].[Y].[Y].[Y].[Y].[Y].[Y].[Y].[Y].[Y].[Y].[Y].[Y].[Y].[Y].[Y].[Y].[Y].[Y].[Y].[Y].[Y].[Y].[Y].[Y].[Y].[Y].[Y].[Y].[Y]. The van der Waals surface area contributed by atoms with Gasteiger partial charge >= 0.3 is 0 Å². The molecular formula is C5H6N3Y31-. The first kappa shape index (κ1) is 216. The third kappa shape index (κ3) is 183. The van der Waals surface area contributed by atoms with Crippen LogP contribution in [0.4, 0.5) is 0 Å². The molecule has 0 atom stereocenters. The maximum atomic E-state index is 3.92. The van der Waals surface area contributed by atoms with E-state index < -0.39 is 0 Å². The Labute approximate surface area is 1020 Å². The van der Waals surface area contributed by atoms with Crippen molar-refractivity contribution < 1.29 is 1010 Å². The summed E-state index contributed by atoms with van der Waals surface area (Å²) in [6.07, 6.45) is 2.47. The van der Waals surface area contributed by atoms with Crippen LogP contribution in [0.5, 0.6) is 0 Å². The molecule has 0 saturated carbocycles. The van der Waals surface area contributed by atoms with E-state index in [1.807, 2.05) is 13.8 Å². The number of aryl methyl sites for hydroxylation is 2. The van der Waals surface area contributed by atoms with Crippen molar-refractivity contribution in [2.45, 2.75) is 13.8 Å². The van der Waals surface area contributed by atoms with Crippen molar-refractivity contribution in [3.05, 3.63) is 18.0 Å². The molecule has 0 aliphatic carbocycles. The monoisotopic (exact) mass is 2860 g/mol. The van der Waals surface area contributed by atoms with Crippen molar-refractivity contribution in [3.8, 4) is 0 Å². The molecule has 0 aliphatic rings. The molecule has 1 rings (SSSR count). The van der Waals surface area contributed by atoms with Gasteiger partial charge in [-0.15, -0.1) is 0 Å². The first-order chi connectivity index (χ1) is 3.79. The van der Waals surface area contributed by atoms with Crippen molar-refractivity contribution in [3.63, 3.8) is 0 Å². The van der Waals surface area contributed by atoms with Crippen LogP contribution in [-0.2, 0) is 1010 Å². The van der Waals surface area contributed by atoms with E-state index in [0.717, 1.165) is 11.6 Å². The minimum absolute atomic E-state index is 0. The molecule has 0 N–H and O–H groups in total. The van der Waals surface area contributed by atoms with Crippen molar-refractivity contribution in [2.24, 2.45) is 0 Å². The first-order valence-corrected chi connectivity index (χ1v) is 2.34. The molecule has 0 unspecified atom stereocenters. The quantitative estimate of drug-likeness (QED) is 0.350. The number of aromatic nitrogens is 3. The third-order valence-corrected chi connectivity index (χ3v) is 0.747. The second-order valence-corrected chi connectivity index (χ2v) is 1.53. The van der Waals surface area contributed by atoms with Crippen LogP contribution in [0.15, 0.2) is 0 Å². The molecule has 34 heteroatoms. The average molecular weight is 2860 g/mol. The predicted molar refractivity (Wildman–Crippen MR) is 28.1 cm³/mol. The zero-order chi connectivity index (χ0) is 5.98. The average Bonchev–Trinajstić information content (AvgIpc) is 1.64. The molecule has 0 fully saturated rings. The molecule has 3 nitrogen and oxygen atoms in total. The summed E-state index contributed by atoms with van der Waals surface area (Å²) in [5, 5.41) is 0. The molecule has 31 radical (unpaired) electrons. The van der Waals surface area contributed by atoms with Crippen molar-refractivity contribution in [1.82, 2.24) is 15.0 Å². The number of hydrogen-bond acceptors (Lipinski definition) is 3. The number of rotatable bonds is 0. The number of nitrogens with zero attached hydrogens (tertiary/aromatic N) is 3. The second kappa shape index (κ2) is 188. The van der Waals surface area contributed by atoms with Gasteiger partial charge in [0.1, 0.15) is 0 Å². The van der Waals surface area contributed by atoms with Crippen LogP contribution in [0.25, 0.3) is 0 Å². The first-order valence-electron chi connectivity index (χ1n) is 2.34. The molecule has 0 amide bonds. The minimum atomic E-state index is 0. The molecule has 0 saturated heterocycles. The third-order valence-electron chi connectivity index (χ3n) is 0.747. The standard InChI is InChI=1S/C5H6N3.31Y/c1-4-6-3-7-5(2)8-4;;;;;;;;;;;;;;;;;;;;;;;;;;;;;;;/h1-2H3;;;;;;;;;;;;;;;;;;;;;;;;;;;;;;;/q-1;;;;;;;;;;;;;;;;;;;;;;;;;;;;;;;. The molecule has 1 aromatic heterocycles. The van der Waals surface area contributed by atoms with Gasteiger partial charge in [-0.25, -0.2) is 0 Å². The second-order valence-electron chi connectivity index (χ2n) is 1.53. The largest absolute Gasteiger partial charge is 0.353 e. The van der Waals surface area contributed by atoms with Crippen LogP contribution in [0.3, 0.4) is 0 Å². The Hall–Kier alpha value is 33.2. The van der Waals surface area contributed by atoms with Gasteiger partial charge in [-0.1, -0.05) is 13.8 Å². The van der Waals surface area contributed by atoms with Gasteiger partial charge in [-0.2, -0.15) is 0 Å². The molecular weight excluding hydrogens is 2860 g/mol. The Kier molecular flexibility index (Phi) is 1040. The Morgan fingerprint density at radius 1 is 0.256 bits per heavy atom. The van der Waals surface area contributed by atoms with E-state index in [0.29, 0.717) is 0 Å². The number of hydrogen-bond donors (Lipinski definition) is 0. The Balaban J connectivity index is -0.000000000712. The van der Waals surface area contributed by atoms with Gasteiger partial charge in [-0.05, 0) is 0 Å². The van der Waals surface area contributed by atoms with Crippen molar-refractivity contribution in [2.75, 3.05) is 0 Å². The molecule has 1 heterocycles.